The lowest BCUT2D eigenvalue weighted by Crippen LogP contribution is -2.24. The molecule has 0 radical (unpaired) electrons. The zero-order valence-corrected chi connectivity index (χ0v) is 8.65. The molecule has 0 saturated heterocycles. The SMILES string of the molecule is NCC(=O)Nc1ccnn1C1CCCC1. The molecule has 1 aromatic rings. The minimum absolute atomic E-state index is 0.00977. The largest absolute Gasteiger partial charge is 0.322 e. The van der Waals surface area contributed by atoms with E-state index in [0.29, 0.717) is 6.04 Å². The van der Waals surface area contributed by atoms with Gasteiger partial charge in [-0.3, -0.25) is 4.79 Å². The van der Waals surface area contributed by atoms with Crippen LogP contribution in [0.5, 0.6) is 0 Å². The predicted molar refractivity (Wildman–Crippen MR) is 57.4 cm³/mol. The highest BCUT2D eigenvalue weighted by Gasteiger charge is 2.20. The molecule has 0 atom stereocenters. The van der Waals surface area contributed by atoms with Crippen LogP contribution < -0.4 is 11.1 Å². The van der Waals surface area contributed by atoms with E-state index in [1.165, 1.54) is 12.8 Å². The molecule has 0 bridgehead atoms. The van der Waals surface area contributed by atoms with E-state index in [9.17, 15) is 4.79 Å². The Hall–Kier alpha value is -1.36. The number of nitrogens with one attached hydrogen (secondary N) is 1. The van der Waals surface area contributed by atoms with Crippen molar-refractivity contribution in [1.82, 2.24) is 9.78 Å². The summed E-state index contributed by atoms with van der Waals surface area (Å²) in [4.78, 5) is 11.2. The van der Waals surface area contributed by atoms with Crippen LogP contribution in [0.4, 0.5) is 5.82 Å². The molecular weight excluding hydrogens is 192 g/mol. The third-order valence-electron chi connectivity index (χ3n) is 2.79. The Morgan fingerprint density at radius 3 is 3.00 bits per heavy atom. The second kappa shape index (κ2) is 4.44. The number of aromatic nitrogens is 2. The first-order valence-corrected chi connectivity index (χ1v) is 5.34. The van der Waals surface area contributed by atoms with Gasteiger partial charge in [0, 0.05) is 6.07 Å². The van der Waals surface area contributed by atoms with Gasteiger partial charge in [0.2, 0.25) is 5.91 Å². The predicted octanol–water partition coefficient (Wildman–Crippen LogP) is 0.895. The third-order valence-corrected chi connectivity index (χ3v) is 2.79. The van der Waals surface area contributed by atoms with Crippen molar-refractivity contribution < 1.29 is 4.79 Å². The van der Waals surface area contributed by atoms with Crippen LogP contribution in [0, 0.1) is 0 Å². The van der Waals surface area contributed by atoms with Gasteiger partial charge < -0.3 is 11.1 Å². The summed E-state index contributed by atoms with van der Waals surface area (Å²) in [5.41, 5.74) is 5.25. The first-order chi connectivity index (χ1) is 7.31. The number of anilines is 1. The van der Waals surface area contributed by atoms with Crippen LogP contribution in [0.15, 0.2) is 12.3 Å². The van der Waals surface area contributed by atoms with Crippen molar-refractivity contribution in [3.05, 3.63) is 12.3 Å². The molecule has 5 heteroatoms. The van der Waals surface area contributed by atoms with Crippen molar-refractivity contribution in [3.8, 4) is 0 Å². The number of nitrogens with two attached hydrogens (primary N) is 1. The molecule has 1 amide bonds. The van der Waals surface area contributed by atoms with E-state index in [4.69, 9.17) is 5.73 Å². The molecule has 5 nitrogen and oxygen atoms in total. The lowest BCUT2D eigenvalue weighted by atomic mass is 10.2. The van der Waals surface area contributed by atoms with Gasteiger partial charge in [0.25, 0.3) is 0 Å². The number of amides is 1. The summed E-state index contributed by atoms with van der Waals surface area (Å²) in [5.74, 6) is 0.590. The van der Waals surface area contributed by atoms with Gasteiger partial charge in [0.05, 0.1) is 18.8 Å². The normalized spacial score (nSPS) is 16.9. The zero-order valence-electron chi connectivity index (χ0n) is 8.65. The number of carbonyl (C=O) groups excluding carboxylic acids is 1. The van der Waals surface area contributed by atoms with E-state index in [-0.39, 0.29) is 12.5 Å². The second-order valence-electron chi connectivity index (χ2n) is 3.85. The maximum absolute atomic E-state index is 11.2. The fourth-order valence-electron chi connectivity index (χ4n) is 2.05. The van der Waals surface area contributed by atoms with Crippen LogP contribution in [0.25, 0.3) is 0 Å². The molecule has 1 saturated carbocycles. The molecule has 0 spiro atoms. The van der Waals surface area contributed by atoms with Crippen molar-refractivity contribution in [3.63, 3.8) is 0 Å². The van der Waals surface area contributed by atoms with Crippen molar-refractivity contribution >= 4 is 11.7 Å². The summed E-state index contributed by atoms with van der Waals surface area (Å²) in [5, 5.41) is 7.00. The molecule has 2 rings (SSSR count). The van der Waals surface area contributed by atoms with E-state index in [1.807, 2.05) is 10.7 Å². The highest BCUT2D eigenvalue weighted by atomic mass is 16.1. The maximum atomic E-state index is 11.2. The molecule has 1 heterocycles. The van der Waals surface area contributed by atoms with Gasteiger partial charge in [0.15, 0.2) is 0 Å². The molecule has 1 aliphatic carbocycles. The lowest BCUT2D eigenvalue weighted by Gasteiger charge is -2.14. The summed E-state index contributed by atoms with van der Waals surface area (Å²) in [7, 11) is 0. The molecule has 15 heavy (non-hydrogen) atoms. The van der Waals surface area contributed by atoms with Crippen molar-refractivity contribution in [2.24, 2.45) is 5.73 Å². The minimum Gasteiger partial charge on any atom is -0.322 e. The average Bonchev–Trinajstić information content (AvgIpc) is 2.86. The first kappa shape index (κ1) is 10.2. The molecule has 1 aromatic heterocycles. The van der Waals surface area contributed by atoms with Crippen LogP contribution in [-0.2, 0) is 4.79 Å². The Kier molecular flexibility index (Phi) is 3.01. The van der Waals surface area contributed by atoms with Crippen LogP contribution in [0.1, 0.15) is 31.7 Å². The smallest absolute Gasteiger partial charge is 0.239 e. The molecule has 3 N–H and O–H groups in total. The minimum atomic E-state index is -0.172. The van der Waals surface area contributed by atoms with E-state index in [2.05, 4.69) is 10.4 Å². The molecule has 1 fully saturated rings. The fourth-order valence-corrected chi connectivity index (χ4v) is 2.05. The van der Waals surface area contributed by atoms with E-state index < -0.39 is 0 Å². The Morgan fingerprint density at radius 1 is 1.60 bits per heavy atom. The number of hydrogen-bond donors (Lipinski definition) is 2. The first-order valence-electron chi connectivity index (χ1n) is 5.34. The molecule has 1 aliphatic rings. The Bertz CT molecular complexity index is 341. The standard InChI is InChI=1S/C10H16N4O/c11-7-10(15)13-9-5-6-12-14(9)8-3-1-2-4-8/h5-6,8H,1-4,7,11H2,(H,13,15). The summed E-state index contributed by atoms with van der Waals surface area (Å²) >= 11 is 0. The van der Waals surface area contributed by atoms with Gasteiger partial charge in [-0.05, 0) is 12.8 Å². The Morgan fingerprint density at radius 2 is 2.33 bits per heavy atom. The highest BCUT2D eigenvalue weighted by Crippen LogP contribution is 2.30. The summed E-state index contributed by atoms with van der Waals surface area (Å²) in [6.07, 6.45) is 6.49. The van der Waals surface area contributed by atoms with E-state index in [0.717, 1.165) is 18.7 Å². The fraction of sp³-hybridized carbons (Fsp3) is 0.600. The molecule has 0 aromatic carbocycles. The maximum Gasteiger partial charge on any atom is 0.239 e. The highest BCUT2D eigenvalue weighted by molar-refractivity contribution is 5.91. The van der Waals surface area contributed by atoms with E-state index in [1.54, 1.807) is 6.20 Å². The third kappa shape index (κ3) is 2.18. The van der Waals surface area contributed by atoms with Gasteiger partial charge in [-0.15, -0.1) is 0 Å². The monoisotopic (exact) mass is 208 g/mol. The number of hydrogen-bond acceptors (Lipinski definition) is 3. The zero-order chi connectivity index (χ0) is 10.7. The summed E-state index contributed by atoms with van der Waals surface area (Å²) < 4.78 is 1.90. The topological polar surface area (TPSA) is 72.9 Å². The second-order valence-corrected chi connectivity index (χ2v) is 3.85. The van der Waals surface area contributed by atoms with Crippen LogP contribution in [0.2, 0.25) is 0 Å². The van der Waals surface area contributed by atoms with Crippen molar-refractivity contribution in [2.45, 2.75) is 31.7 Å². The Balaban J connectivity index is 2.10. The van der Waals surface area contributed by atoms with Gasteiger partial charge in [-0.2, -0.15) is 5.10 Å². The van der Waals surface area contributed by atoms with Crippen LogP contribution in [0.3, 0.4) is 0 Å². The van der Waals surface area contributed by atoms with Crippen LogP contribution >= 0.6 is 0 Å². The molecular formula is C10H16N4O. The summed E-state index contributed by atoms with van der Waals surface area (Å²) in [6, 6.07) is 2.25. The quantitative estimate of drug-likeness (QED) is 0.775. The van der Waals surface area contributed by atoms with Gasteiger partial charge >= 0.3 is 0 Å². The molecule has 82 valence electrons. The van der Waals surface area contributed by atoms with E-state index >= 15 is 0 Å². The number of rotatable bonds is 3. The van der Waals surface area contributed by atoms with Crippen LogP contribution in [-0.4, -0.2) is 22.2 Å². The lowest BCUT2D eigenvalue weighted by molar-refractivity contribution is -0.114. The van der Waals surface area contributed by atoms with Crippen molar-refractivity contribution in [2.75, 3.05) is 11.9 Å². The van der Waals surface area contributed by atoms with Gasteiger partial charge in [-0.25, -0.2) is 4.68 Å². The van der Waals surface area contributed by atoms with Gasteiger partial charge in [-0.1, -0.05) is 12.8 Å². The summed E-state index contributed by atoms with van der Waals surface area (Å²) in [6.45, 7) is 0.00977. The number of carbonyl (C=O) groups is 1. The van der Waals surface area contributed by atoms with Crippen molar-refractivity contribution in [1.29, 1.82) is 0 Å². The Labute approximate surface area is 88.6 Å². The number of nitrogens with zero attached hydrogens (tertiary/aromatic N) is 2. The molecule has 0 unspecified atom stereocenters. The average molecular weight is 208 g/mol. The van der Waals surface area contributed by atoms with Gasteiger partial charge in [0.1, 0.15) is 5.82 Å². The molecule has 0 aliphatic heterocycles.